The van der Waals surface area contributed by atoms with Crippen molar-refractivity contribution < 1.29 is 0 Å². The van der Waals surface area contributed by atoms with Crippen LogP contribution in [0, 0.1) is 6.92 Å². The lowest BCUT2D eigenvalue weighted by molar-refractivity contribution is 1.34. The van der Waals surface area contributed by atoms with Gasteiger partial charge in [-0.25, -0.2) is 0 Å². The number of hydrogen-bond donors (Lipinski definition) is 0. The van der Waals surface area contributed by atoms with Gasteiger partial charge in [-0.1, -0.05) is 49.6 Å². The van der Waals surface area contributed by atoms with E-state index in [2.05, 4.69) is 57.0 Å². The molecule has 0 atom stereocenters. The molecule has 0 heterocycles. The molecule has 0 bridgehead atoms. The maximum atomic E-state index is 3.46. The lowest BCUT2D eigenvalue weighted by atomic mass is 10.2. The Morgan fingerprint density at radius 2 is 2.10 bits per heavy atom. The smallest absolute Gasteiger partial charge is 0.0294 e. The van der Waals surface area contributed by atoms with Crippen LogP contribution in [-0.4, -0.2) is 0 Å². The van der Waals surface area contributed by atoms with Gasteiger partial charge in [-0.2, -0.15) is 0 Å². The van der Waals surface area contributed by atoms with Gasteiger partial charge in [-0.3, -0.25) is 0 Å². The van der Waals surface area contributed by atoms with Crippen LogP contribution >= 0.6 is 31.9 Å². The topological polar surface area (TPSA) is 0 Å². The Balaban J connectivity index is 3.09. The first kappa shape index (κ1) is 8.28. The minimum atomic E-state index is 0.912. The number of alkyl halides is 1. The van der Waals surface area contributed by atoms with E-state index in [1.165, 1.54) is 15.6 Å². The van der Waals surface area contributed by atoms with Crippen LogP contribution in [0.25, 0.3) is 0 Å². The second kappa shape index (κ2) is 3.54. The first-order valence-corrected chi connectivity index (χ1v) is 4.96. The highest BCUT2D eigenvalue weighted by Crippen LogP contribution is 2.19. The molecule has 0 amide bonds. The summed E-state index contributed by atoms with van der Waals surface area (Å²) in [6.45, 7) is 2.10. The Hall–Kier alpha value is 0.180. The van der Waals surface area contributed by atoms with Crippen LogP contribution in [0.15, 0.2) is 22.7 Å². The fraction of sp³-hybridized carbons (Fsp3) is 0.250. The first-order chi connectivity index (χ1) is 4.74. The molecule has 0 aliphatic rings. The maximum absolute atomic E-state index is 3.46. The van der Waals surface area contributed by atoms with Crippen molar-refractivity contribution in [3.63, 3.8) is 0 Å². The van der Waals surface area contributed by atoms with Gasteiger partial charge in [0.2, 0.25) is 0 Å². The van der Waals surface area contributed by atoms with Crippen molar-refractivity contribution in [2.45, 2.75) is 12.3 Å². The molecule has 0 nitrogen and oxygen atoms in total. The molecule has 0 aliphatic heterocycles. The Bertz CT molecular complexity index is 231. The molecule has 0 fully saturated rings. The molecular formula is C8H8Br2. The summed E-state index contributed by atoms with van der Waals surface area (Å²) in [5, 5.41) is 0.912. The third-order valence-electron chi connectivity index (χ3n) is 1.35. The van der Waals surface area contributed by atoms with Gasteiger partial charge in [0.1, 0.15) is 0 Å². The average Bonchev–Trinajstić information content (AvgIpc) is 1.94. The summed E-state index contributed by atoms with van der Waals surface area (Å²) in [5.41, 5.74) is 2.61. The fourth-order valence-electron chi connectivity index (χ4n) is 0.806. The highest BCUT2D eigenvalue weighted by molar-refractivity contribution is 9.10. The maximum Gasteiger partial charge on any atom is 0.0294 e. The Labute approximate surface area is 77.9 Å². The van der Waals surface area contributed by atoms with Crippen molar-refractivity contribution in [1.82, 2.24) is 0 Å². The van der Waals surface area contributed by atoms with E-state index in [9.17, 15) is 0 Å². The lowest BCUT2D eigenvalue weighted by Crippen LogP contribution is -1.80. The van der Waals surface area contributed by atoms with Gasteiger partial charge in [0.05, 0.1) is 0 Å². The Morgan fingerprint density at radius 3 is 2.60 bits per heavy atom. The van der Waals surface area contributed by atoms with Gasteiger partial charge in [-0.05, 0) is 18.6 Å². The minimum Gasteiger partial charge on any atom is -0.0876 e. The summed E-state index contributed by atoms with van der Waals surface area (Å²) in [4.78, 5) is 0. The zero-order valence-corrected chi connectivity index (χ0v) is 8.87. The number of aryl methyl sites for hydroxylation is 1. The van der Waals surface area contributed by atoms with Crippen molar-refractivity contribution >= 4 is 31.9 Å². The zero-order chi connectivity index (χ0) is 7.56. The molecule has 10 heavy (non-hydrogen) atoms. The standard InChI is InChI=1S/C8H8Br2/c1-6-2-3-8(10)7(4-6)5-9/h2-4H,5H2,1H3. The highest BCUT2D eigenvalue weighted by Gasteiger charge is 1.95. The predicted molar refractivity (Wildman–Crippen MR) is 51.5 cm³/mol. The molecule has 0 radical (unpaired) electrons. The minimum absolute atomic E-state index is 0.912. The van der Waals surface area contributed by atoms with Gasteiger partial charge in [0.15, 0.2) is 0 Å². The molecule has 1 aromatic carbocycles. The molecule has 0 spiro atoms. The van der Waals surface area contributed by atoms with Crippen LogP contribution in [0.5, 0.6) is 0 Å². The molecule has 1 rings (SSSR count). The highest BCUT2D eigenvalue weighted by atomic mass is 79.9. The molecule has 1 aromatic rings. The summed E-state index contributed by atoms with van der Waals surface area (Å²) in [5.74, 6) is 0. The predicted octanol–water partition coefficient (Wildman–Crippen LogP) is 3.65. The van der Waals surface area contributed by atoms with Crippen molar-refractivity contribution in [1.29, 1.82) is 0 Å². The van der Waals surface area contributed by atoms with E-state index < -0.39 is 0 Å². The second-order valence-electron chi connectivity index (χ2n) is 2.23. The molecule has 0 saturated carbocycles. The van der Waals surface area contributed by atoms with E-state index in [4.69, 9.17) is 0 Å². The number of rotatable bonds is 1. The van der Waals surface area contributed by atoms with Crippen LogP contribution in [0.4, 0.5) is 0 Å². The van der Waals surface area contributed by atoms with Gasteiger partial charge in [0, 0.05) is 9.80 Å². The molecule has 54 valence electrons. The SMILES string of the molecule is Cc1ccc(Br)c(CBr)c1. The average molecular weight is 264 g/mol. The number of hydrogen-bond acceptors (Lipinski definition) is 0. The van der Waals surface area contributed by atoms with Gasteiger partial charge in [-0.15, -0.1) is 0 Å². The third kappa shape index (κ3) is 1.83. The van der Waals surface area contributed by atoms with Crippen molar-refractivity contribution in [3.05, 3.63) is 33.8 Å². The lowest BCUT2D eigenvalue weighted by Gasteiger charge is -1.99. The molecule has 0 aromatic heterocycles. The van der Waals surface area contributed by atoms with Gasteiger partial charge in [0.25, 0.3) is 0 Å². The monoisotopic (exact) mass is 262 g/mol. The second-order valence-corrected chi connectivity index (χ2v) is 3.64. The molecule has 0 unspecified atom stereocenters. The van der Waals surface area contributed by atoms with E-state index in [0.29, 0.717) is 0 Å². The Kier molecular flexibility index (Phi) is 2.93. The van der Waals surface area contributed by atoms with Crippen molar-refractivity contribution in [2.24, 2.45) is 0 Å². The first-order valence-electron chi connectivity index (χ1n) is 3.05. The van der Waals surface area contributed by atoms with Crippen LogP contribution in [0.1, 0.15) is 11.1 Å². The van der Waals surface area contributed by atoms with E-state index in [0.717, 1.165) is 5.33 Å². The van der Waals surface area contributed by atoms with Crippen LogP contribution in [0.2, 0.25) is 0 Å². The molecule has 0 aliphatic carbocycles. The van der Waals surface area contributed by atoms with E-state index in [1.54, 1.807) is 0 Å². The number of benzene rings is 1. The summed E-state index contributed by atoms with van der Waals surface area (Å²) >= 11 is 6.87. The molecular weight excluding hydrogens is 256 g/mol. The summed E-state index contributed by atoms with van der Waals surface area (Å²) in [6, 6.07) is 6.33. The fourth-order valence-corrected chi connectivity index (χ4v) is 2.03. The molecule has 0 N–H and O–H groups in total. The summed E-state index contributed by atoms with van der Waals surface area (Å²) in [6.07, 6.45) is 0. The zero-order valence-electron chi connectivity index (χ0n) is 5.70. The summed E-state index contributed by atoms with van der Waals surface area (Å²) in [7, 11) is 0. The molecule has 0 saturated heterocycles. The van der Waals surface area contributed by atoms with Gasteiger partial charge < -0.3 is 0 Å². The van der Waals surface area contributed by atoms with Crippen LogP contribution in [-0.2, 0) is 5.33 Å². The van der Waals surface area contributed by atoms with Crippen LogP contribution < -0.4 is 0 Å². The third-order valence-corrected chi connectivity index (χ3v) is 2.72. The number of halogens is 2. The van der Waals surface area contributed by atoms with E-state index >= 15 is 0 Å². The van der Waals surface area contributed by atoms with Crippen molar-refractivity contribution in [3.8, 4) is 0 Å². The molecule has 2 heteroatoms. The van der Waals surface area contributed by atoms with Crippen molar-refractivity contribution in [2.75, 3.05) is 0 Å². The quantitative estimate of drug-likeness (QED) is 0.679. The summed E-state index contributed by atoms with van der Waals surface area (Å²) < 4.78 is 1.18. The normalized spacial score (nSPS) is 9.90. The van der Waals surface area contributed by atoms with E-state index in [-0.39, 0.29) is 0 Å². The van der Waals surface area contributed by atoms with Gasteiger partial charge >= 0.3 is 0 Å². The largest absolute Gasteiger partial charge is 0.0876 e. The Morgan fingerprint density at radius 1 is 1.40 bits per heavy atom. The van der Waals surface area contributed by atoms with E-state index in [1.807, 2.05) is 0 Å². The van der Waals surface area contributed by atoms with Crippen LogP contribution in [0.3, 0.4) is 0 Å².